The Morgan fingerprint density at radius 3 is 2.80 bits per heavy atom. The number of nitrogens with one attached hydrogen (secondary N) is 1. The zero-order valence-electron chi connectivity index (χ0n) is 11.5. The van der Waals surface area contributed by atoms with Gasteiger partial charge in [-0.05, 0) is 50.4 Å². The van der Waals surface area contributed by atoms with Crippen LogP contribution in [0.1, 0.15) is 43.5 Å². The molecule has 1 N–H and O–H groups in total. The number of hydrogen-bond acceptors (Lipinski definition) is 4. The van der Waals surface area contributed by atoms with Gasteiger partial charge in [0.15, 0.2) is 5.82 Å². The van der Waals surface area contributed by atoms with Crippen LogP contribution < -0.4 is 5.32 Å². The molecule has 1 atom stereocenters. The standard InChI is InChI=1S/C15H18FN3O/c1-15(8-2-3-9-17-15)14-18-13(19-20-14)10-11-4-6-12(16)7-5-11/h4-7,17H,2-3,8-10H2,1H3. The number of benzene rings is 1. The molecule has 20 heavy (non-hydrogen) atoms. The third-order valence-electron chi connectivity index (χ3n) is 3.83. The highest BCUT2D eigenvalue weighted by Gasteiger charge is 2.34. The van der Waals surface area contributed by atoms with E-state index in [1.165, 1.54) is 25.0 Å². The van der Waals surface area contributed by atoms with E-state index in [9.17, 15) is 4.39 Å². The number of aromatic nitrogens is 2. The summed E-state index contributed by atoms with van der Waals surface area (Å²) in [4.78, 5) is 4.49. The second kappa shape index (κ2) is 5.32. The zero-order chi connectivity index (χ0) is 14.0. The molecule has 0 aliphatic carbocycles. The third kappa shape index (κ3) is 2.72. The minimum absolute atomic E-state index is 0.216. The van der Waals surface area contributed by atoms with Gasteiger partial charge in [0.25, 0.3) is 0 Å². The number of nitrogens with zero attached hydrogens (tertiary/aromatic N) is 2. The quantitative estimate of drug-likeness (QED) is 0.935. The van der Waals surface area contributed by atoms with Gasteiger partial charge in [-0.15, -0.1) is 0 Å². The Balaban J connectivity index is 1.74. The summed E-state index contributed by atoms with van der Waals surface area (Å²) in [5, 5.41) is 7.49. The van der Waals surface area contributed by atoms with Crippen molar-refractivity contribution in [2.24, 2.45) is 0 Å². The van der Waals surface area contributed by atoms with Crippen LogP contribution in [-0.2, 0) is 12.0 Å². The van der Waals surface area contributed by atoms with E-state index in [-0.39, 0.29) is 11.4 Å². The summed E-state index contributed by atoms with van der Waals surface area (Å²) in [6.45, 7) is 3.08. The van der Waals surface area contributed by atoms with Gasteiger partial charge in [0, 0.05) is 6.42 Å². The summed E-state index contributed by atoms with van der Waals surface area (Å²) in [5.41, 5.74) is 0.757. The molecular formula is C15H18FN3O. The van der Waals surface area contributed by atoms with Crippen molar-refractivity contribution in [3.05, 3.63) is 47.4 Å². The molecule has 1 aromatic carbocycles. The van der Waals surface area contributed by atoms with Gasteiger partial charge in [-0.25, -0.2) is 4.39 Å². The first-order valence-electron chi connectivity index (χ1n) is 6.98. The van der Waals surface area contributed by atoms with Crippen molar-refractivity contribution in [1.82, 2.24) is 15.5 Å². The van der Waals surface area contributed by atoms with E-state index in [1.54, 1.807) is 12.1 Å². The van der Waals surface area contributed by atoms with Crippen LogP contribution >= 0.6 is 0 Å². The molecule has 1 aromatic heterocycles. The molecule has 1 aliphatic rings. The van der Waals surface area contributed by atoms with Gasteiger partial charge in [-0.3, -0.25) is 0 Å². The molecule has 1 unspecified atom stereocenters. The van der Waals surface area contributed by atoms with Crippen LogP contribution in [0.5, 0.6) is 0 Å². The molecule has 0 radical (unpaired) electrons. The van der Waals surface area contributed by atoms with E-state index in [2.05, 4.69) is 22.4 Å². The lowest BCUT2D eigenvalue weighted by molar-refractivity contribution is 0.206. The number of halogens is 1. The Kier molecular flexibility index (Phi) is 3.53. The first-order chi connectivity index (χ1) is 9.66. The van der Waals surface area contributed by atoms with Crippen molar-refractivity contribution >= 4 is 0 Å². The predicted molar refractivity (Wildman–Crippen MR) is 72.7 cm³/mol. The summed E-state index contributed by atoms with van der Waals surface area (Å²) in [6.07, 6.45) is 3.91. The lowest BCUT2D eigenvalue weighted by Gasteiger charge is -2.31. The molecule has 2 heterocycles. The number of piperidine rings is 1. The lowest BCUT2D eigenvalue weighted by Crippen LogP contribution is -2.43. The second-order valence-corrected chi connectivity index (χ2v) is 5.53. The van der Waals surface area contributed by atoms with Crippen LogP contribution in [0.25, 0.3) is 0 Å². The first kappa shape index (κ1) is 13.2. The van der Waals surface area contributed by atoms with Gasteiger partial charge >= 0.3 is 0 Å². The Morgan fingerprint density at radius 1 is 1.30 bits per heavy atom. The largest absolute Gasteiger partial charge is 0.337 e. The van der Waals surface area contributed by atoms with E-state index in [0.29, 0.717) is 18.1 Å². The van der Waals surface area contributed by atoms with Gasteiger partial charge in [-0.1, -0.05) is 17.3 Å². The maximum Gasteiger partial charge on any atom is 0.246 e. The second-order valence-electron chi connectivity index (χ2n) is 5.53. The molecule has 0 bridgehead atoms. The van der Waals surface area contributed by atoms with E-state index in [1.807, 2.05) is 0 Å². The fourth-order valence-electron chi connectivity index (χ4n) is 2.57. The van der Waals surface area contributed by atoms with Crippen LogP contribution in [0.2, 0.25) is 0 Å². The molecule has 106 valence electrons. The normalized spacial score (nSPS) is 22.9. The molecule has 0 saturated carbocycles. The SMILES string of the molecule is CC1(c2nc(Cc3ccc(F)cc3)no2)CCCCN1. The lowest BCUT2D eigenvalue weighted by atomic mass is 9.91. The summed E-state index contributed by atoms with van der Waals surface area (Å²) < 4.78 is 18.3. The van der Waals surface area contributed by atoms with E-state index >= 15 is 0 Å². The van der Waals surface area contributed by atoms with Crippen LogP contribution in [0.15, 0.2) is 28.8 Å². The van der Waals surface area contributed by atoms with Crippen LogP contribution in [0.4, 0.5) is 4.39 Å². The molecule has 4 nitrogen and oxygen atoms in total. The van der Waals surface area contributed by atoms with Crippen molar-refractivity contribution in [1.29, 1.82) is 0 Å². The van der Waals surface area contributed by atoms with Crippen molar-refractivity contribution in [3.63, 3.8) is 0 Å². The van der Waals surface area contributed by atoms with Crippen LogP contribution in [0, 0.1) is 5.82 Å². The van der Waals surface area contributed by atoms with E-state index < -0.39 is 0 Å². The Morgan fingerprint density at radius 2 is 2.10 bits per heavy atom. The smallest absolute Gasteiger partial charge is 0.246 e. The van der Waals surface area contributed by atoms with Gasteiger partial charge in [0.1, 0.15) is 5.82 Å². The summed E-state index contributed by atoms with van der Waals surface area (Å²) in [7, 11) is 0. The Hall–Kier alpha value is -1.75. The summed E-state index contributed by atoms with van der Waals surface area (Å²) >= 11 is 0. The van der Waals surface area contributed by atoms with Crippen molar-refractivity contribution in [2.45, 2.75) is 38.1 Å². The van der Waals surface area contributed by atoms with Crippen molar-refractivity contribution in [2.75, 3.05) is 6.54 Å². The van der Waals surface area contributed by atoms with Crippen molar-refractivity contribution in [3.8, 4) is 0 Å². The third-order valence-corrected chi connectivity index (χ3v) is 3.83. The number of hydrogen-bond donors (Lipinski definition) is 1. The Labute approximate surface area is 117 Å². The van der Waals surface area contributed by atoms with E-state index in [0.717, 1.165) is 18.5 Å². The molecule has 1 saturated heterocycles. The minimum Gasteiger partial charge on any atom is -0.337 e. The average Bonchev–Trinajstić information content (AvgIpc) is 2.92. The highest BCUT2D eigenvalue weighted by molar-refractivity contribution is 5.19. The highest BCUT2D eigenvalue weighted by atomic mass is 19.1. The fraction of sp³-hybridized carbons (Fsp3) is 0.467. The Bertz CT molecular complexity index is 573. The molecule has 3 rings (SSSR count). The molecule has 1 aliphatic heterocycles. The minimum atomic E-state index is -0.235. The van der Waals surface area contributed by atoms with Crippen molar-refractivity contribution < 1.29 is 8.91 Å². The summed E-state index contributed by atoms with van der Waals surface area (Å²) in [5.74, 6) is 1.05. The van der Waals surface area contributed by atoms with Gasteiger partial charge in [0.05, 0.1) is 5.54 Å². The first-order valence-corrected chi connectivity index (χ1v) is 6.98. The maximum absolute atomic E-state index is 12.9. The van der Waals surface area contributed by atoms with Crippen LogP contribution in [0.3, 0.4) is 0 Å². The highest BCUT2D eigenvalue weighted by Crippen LogP contribution is 2.28. The zero-order valence-corrected chi connectivity index (χ0v) is 11.5. The predicted octanol–water partition coefficient (Wildman–Crippen LogP) is 2.79. The maximum atomic E-state index is 12.9. The van der Waals surface area contributed by atoms with Gasteiger partial charge in [0.2, 0.25) is 5.89 Å². The van der Waals surface area contributed by atoms with E-state index in [4.69, 9.17) is 4.52 Å². The molecule has 0 amide bonds. The van der Waals surface area contributed by atoms with Crippen LogP contribution in [-0.4, -0.2) is 16.7 Å². The molecule has 0 spiro atoms. The monoisotopic (exact) mass is 275 g/mol. The number of rotatable bonds is 3. The summed E-state index contributed by atoms with van der Waals surface area (Å²) in [6, 6.07) is 6.37. The van der Waals surface area contributed by atoms with Gasteiger partial charge in [-0.2, -0.15) is 4.98 Å². The fourth-order valence-corrected chi connectivity index (χ4v) is 2.57. The van der Waals surface area contributed by atoms with Gasteiger partial charge < -0.3 is 9.84 Å². The molecule has 1 fully saturated rings. The topological polar surface area (TPSA) is 51.0 Å². The molecule has 5 heteroatoms. The molecule has 2 aromatic rings. The average molecular weight is 275 g/mol. The molecular weight excluding hydrogens is 257 g/mol.